The minimum atomic E-state index is -3.37. The van der Waals surface area contributed by atoms with Gasteiger partial charge in [-0.25, -0.2) is 18.1 Å². The van der Waals surface area contributed by atoms with Crippen LogP contribution in [0, 0.1) is 5.92 Å². The third kappa shape index (κ3) is 6.44. The highest BCUT2D eigenvalue weighted by molar-refractivity contribution is 7.90. The molecule has 158 valence electrons. The highest BCUT2D eigenvalue weighted by atomic mass is 32.2. The van der Waals surface area contributed by atoms with Gasteiger partial charge in [0, 0.05) is 18.0 Å². The van der Waals surface area contributed by atoms with Crippen molar-refractivity contribution in [1.29, 1.82) is 0 Å². The van der Waals surface area contributed by atoms with Crippen molar-refractivity contribution in [3.05, 3.63) is 18.3 Å². The molecule has 0 radical (unpaired) electrons. The summed E-state index contributed by atoms with van der Waals surface area (Å²) in [7, 11) is -3.37. The van der Waals surface area contributed by atoms with Crippen molar-refractivity contribution in [2.75, 3.05) is 11.9 Å². The largest absolute Gasteiger partial charge is 0.478 e. The van der Waals surface area contributed by atoms with Crippen LogP contribution in [-0.2, 0) is 14.8 Å². The molecule has 1 heterocycles. The first-order valence-electron chi connectivity index (χ1n) is 10.0. The Morgan fingerprint density at radius 2 is 1.89 bits per heavy atom. The molecule has 2 N–H and O–H groups in total. The molecule has 7 nitrogen and oxygen atoms in total. The molecule has 1 fully saturated rings. The number of anilines is 1. The Labute approximate surface area is 168 Å². The van der Waals surface area contributed by atoms with E-state index in [1.54, 1.807) is 39.1 Å². The number of aromatic nitrogens is 1. The number of nitrogens with zero attached hydrogens (tertiary/aromatic N) is 1. The fraction of sp³-hybridized carbons (Fsp3) is 0.700. The van der Waals surface area contributed by atoms with Gasteiger partial charge in [0.1, 0.15) is 0 Å². The minimum absolute atomic E-state index is 0.0430. The molecule has 0 saturated heterocycles. The molecule has 1 aromatic rings. The monoisotopic (exact) mass is 411 g/mol. The van der Waals surface area contributed by atoms with Crippen molar-refractivity contribution in [1.82, 2.24) is 9.71 Å². The Kier molecular flexibility index (Phi) is 7.83. The molecule has 8 heteroatoms. The molecule has 0 atom stereocenters. The number of nitrogens with one attached hydrogen (secondary N) is 2. The Bertz CT molecular complexity index is 734. The molecule has 1 aliphatic rings. The van der Waals surface area contributed by atoms with Crippen LogP contribution >= 0.6 is 0 Å². The second kappa shape index (κ2) is 9.69. The van der Waals surface area contributed by atoms with Crippen LogP contribution in [0.4, 0.5) is 5.69 Å². The van der Waals surface area contributed by atoms with Gasteiger partial charge < -0.3 is 10.1 Å². The molecule has 1 aromatic heterocycles. The molecule has 0 bridgehead atoms. The summed E-state index contributed by atoms with van der Waals surface area (Å²) >= 11 is 0. The van der Waals surface area contributed by atoms with Crippen LogP contribution in [0.25, 0.3) is 0 Å². The van der Waals surface area contributed by atoms with Gasteiger partial charge in [-0.1, -0.05) is 13.3 Å². The first-order valence-corrected chi connectivity index (χ1v) is 11.5. The number of rotatable bonds is 8. The number of ether oxygens (including phenoxy) is 1. The van der Waals surface area contributed by atoms with Crippen LogP contribution < -0.4 is 14.8 Å². The number of carbonyl (C=O) groups is 1. The molecule has 1 aliphatic carbocycles. The molecule has 1 amide bonds. The van der Waals surface area contributed by atoms with Gasteiger partial charge in [-0.05, 0) is 58.9 Å². The van der Waals surface area contributed by atoms with Gasteiger partial charge in [-0.15, -0.1) is 0 Å². The molecule has 0 aromatic carbocycles. The number of unbranched alkanes of at least 4 members (excludes halogenated alkanes) is 1. The van der Waals surface area contributed by atoms with Gasteiger partial charge >= 0.3 is 0 Å². The zero-order chi connectivity index (χ0) is 20.8. The van der Waals surface area contributed by atoms with E-state index in [2.05, 4.69) is 21.9 Å². The van der Waals surface area contributed by atoms with E-state index >= 15 is 0 Å². The summed E-state index contributed by atoms with van der Waals surface area (Å²) in [4.78, 5) is 16.7. The number of amides is 1. The minimum Gasteiger partial charge on any atom is -0.478 e. The van der Waals surface area contributed by atoms with Crippen molar-refractivity contribution in [3.63, 3.8) is 0 Å². The maximum atomic E-state index is 12.5. The SMILES string of the molecule is CCCCOc1ccc(NC(=O)[C@H]2CC[C@H](NS(=O)(=O)C(C)(C)C)CC2)cn1. The summed E-state index contributed by atoms with van der Waals surface area (Å²) in [5.74, 6) is 0.396. The summed E-state index contributed by atoms with van der Waals surface area (Å²) < 4.78 is 32.0. The first-order chi connectivity index (χ1) is 13.1. The third-order valence-electron chi connectivity index (χ3n) is 4.98. The number of carbonyl (C=O) groups excluding carboxylic acids is 1. The molecule has 1 saturated carbocycles. The van der Waals surface area contributed by atoms with E-state index in [-0.39, 0.29) is 17.9 Å². The lowest BCUT2D eigenvalue weighted by Gasteiger charge is -2.30. The van der Waals surface area contributed by atoms with E-state index < -0.39 is 14.8 Å². The zero-order valence-corrected chi connectivity index (χ0v) is 18.1. The second-order valence-corrected chi connectivity index (χ2v) is 10.8. The van der Waals surface area contributed by atoms with Gasteiger partial charge in [-0.2, -0.15) is 0 Å². The van der Waals surface area contributed by atoms with Gasteiger partial charge in [0.25, 0.3) is 0 Å². The van der Waals surface area contributed by atoms with Gasteiger partial charge in [-0.3, -0.25) is 4.79 Å². The van der Waals surface area contributed by atoms with E-state index in [4.69, 9.17) is 4.74 Å². The van der Waals surface area contributed by atoms with Crippen molar-refractivity contribution >= 4 is 21.6 Å². The zero-order valence-electron chi connectivity index (χ0n) is 17.3. The van der Waals surface area contributed by atoms with Gasteiger partial charge in [0.15, 0.2) is 0 Å². The normalized spacial score (nSPS) is 20.6. The molecule has 2 rings (SSSR count). The van der Waals surface area contributed by atoms with Crippen LogP contribution in [-0.4, -0.2) is 36.7 Å². The van der Waals surface area contributed by atoms with E-state index in [1.165, 1.54) is 0 Å². The summed E-state index contributed by atoms with van der Waals surface area (Å²) in [6.07, 6.45) is 6.29. The van der Waals surface area contributed by atoms with Crippen LogP contribution in [0.15, 0.2) is 18.3 Å². The Morgan fingerprint density at radius 3 is 2.43 bits per heavy atom. The summed E-state index contributed by atoms with van der Waals surface area (Å²) in [5, 5.41) is 2.90. The highest BCUT2D eigenvalue weighted by Crippen LogP contribution is 2.27. The summed E-state index contributed by atoms with van der Waals surface area (Å²) in [6.45, 7) is 7.79. The third-order valence-corrected chi connectivity index (χ3v) is 7.23. The average Bonchev–Trinajstić information content (AvgIpc) is 2.62. The Hall–Kier alpha value is -1.67. The molecule has 28 heavy (non-hydrogen) atoms. The molecule has 0 unspecified atom stereocenters. The lowest BCUT2D eigenvalue weighted by atomic mass is 9.86. The lowest BCUT2D eigenvalue weighted by molar-refractivity contribution is -0.120. The van der Waals surface area contributed by atoms with Crippen molar-refractivity contribution in [2.45, 2.75) is 77.0 Å². The van der Waals surface area contributed by atoms with E-state index in [1.807, 2.05) is 0 Å². The molecule has 0 spiro atoms. The molecular weight excluding hydrogens is 378 g/mol. The topological polar surface area (TPSA) is 97.4 Å². The van der Waals surface area contributed by atoms with Gasteiger partial charge in [0.2, 0.25) is 21.8 Å². The summed E-state index contributed by atoms with van der Waals surface area (Å²) in [5.41, 5.74) is 0.642. The number of sulfonamides is 1. The van der Waals surface area contributed by atoms with Crippen molar-refractivity contribution < 1.29 is 17.9 Å². The smallest absolute Gasteiger partial charge is 0.227 e. The van der Waals surface area contributed by atoms with E-state index in [0.29, 0.717) is 43.9 Å². The number of pyridine rings is 1. The highest BCUT2D eigenvalue weighted by Gasteiger charge is 2.34. The van der Waals surface area contributed by atoms with Crippen LogP contribution in [0.1, 0.15) is 66.2 Å². The predicted octanol–water partition coefficient (Wildman–Crippen LogP) is 3.48. The van der Waals surface area contributed by atoms with Crippen molar-refractivity contribution in [2.24, 2.45) is 5.92 Å². The van der Waals surface area contributed by atoms with Crippen LogP contribution in [0.2, 0.25) is 0 Å². The molecule has 0 aliphatic heterocycles. The maximum Gasteiger partial charge on any atom is 0.227 e. The van der Waals surface area contributed by atoms with Gasteiger partial charge in [0.05, 0.1) is 23.2 Å². The number of hydrogen-bond donors (Lipinski definition) is 2. The predicted molar refractivity (Wildman–Crippen MR) is 111 cm³/mol. The molecular formula is C20H33N3O4S. The number of hydrogen-bond acceptors (Lipinski definition) is 5. The standard InChI is InChI=1S/C20H33N3O4S/c1-5-6-13-27-18-12-11-17(14-21-18)22-19(24)15-7-9-16(10-8-15)23-28(25,26)20(2,3)4/h11-12,14-16,23H,5-10,13H2,1-4H3,(H,22,24)/t15-,16-. The fourth-order valence-electron chi connectivity index (χ4n) is 2.97. The van der Waals surface area contributed by atoms with Crippen LogP contribution in [0.3, 0.4) is 0 Å². The summed E-state index contributed by atoms with van der Waals surface area (Å²) in [6, 6.07) is 3.44. The van der Waals surface area contributed by atoms with E-state index in [0.717, 1.165) is 12.8 Å². The maximum absolute atomic E-state index is 12.5. The first kappa shape index (κ1) is 22.6. The average molecular weight is 412 g/mol. The lowest BCUT2D eigenvalue weighted by Crippen LogP contribution is -2.46. The van der Waals surface area contributed by atoms with E-state index in [9.17, 15) is 13.2 Å². The Morgan fingerprint density at radius 1 is 1.21 bits per heavy atom. The quantitative estimate of drug-likeness (QED) is 0.638. The van der Waals surface area contributed by atoms with Crippen LogP contribution in [0.5, 0.6) is 5.88 Å². The fourth-order valence-corrected chi connectivity index (χ4v) is 4.00. The second-order valence-electron chi connectivity index (χ2n) is 8.36. The Balaban J connectivity index is 1.80. The van der Waals surface area contributed by atoms with Crippen molar-refractivity contribution in [3.8, 4) is 5.88 Å².